The molecule has 0 aliphatic heterocycles. The highest BCUT2D eigenvalue weighted by atomic mass is 35.5. The van der Waals surface area contributed by atoms with Crippen LogP contribution in [-0.2, 0) is 9.84 Å². The van der Waals surface area contributed by atoms with E-state index in [4.69, 9.17) is 32.7 Å². The number of benzene rings is 6. The van der Waals surface area contributed by atoms with E-state index >= 15 is 8.78 Å². The van der Waals surface area contributed by atoms with Crippen LogP contribution >= 0.6 is 23.2 Å². The van der Waals surface area contributed by atoms with Crippen molar-refractivity contribution in [3.8, 4) is 56.0 Å². The van der Waals surface area contributed by atoms with E-state index in [2.05, 4.69) is 0 Å². The van der Waals surface area contributed by atoms with Crippen molar-refractivity contribution in [1.29, 1.82) is 0 Å². The molecule has 0 N–H and O–H groups in total. The average Bonchev–Trinajstić information content (AvgIpc) is 3.08. The minimum atomic E-state index is -4.98. The third kappa shape index (κ3) is 6.14. The molecule has 0 heterocycles. The molecule has 6 aromatic rings. The van der Waals surface area contributed by atoms with Gasteiger partial charge in [-0.1, -0.05) is 71.7 Å². The first-order chi connectivity index (χ1) is 23.5. The van der Waals surface area contributed by atoms with Crippen molar-refractivity contribution in [2.24, 2.45) is 0 Å². The van der Waals surface area contributed by atoms with E-state index in [1.807, 2.05) is 0 Å². The van der Waals surface area contributed by atoms with Crippen molar-refractivity contribution in [3.05, 3.63) is 143 Å². The molecule has 49 heavy (non-hydrogen) atoms. The van der Waals surface area contributed by atoms with Crippen LogP contribution in [0.1, 0.15) is 0 Å². The zero-order valence-electron chi connectivity index (χ0n) is 25.7. The van der Waals surface area contributed by atoms with Crippen molar-refractivity contribution in [3.63, 3.8) is 0 Å². The maximum atomic E-state index is 16.9. The lowest BCUT2D eigenvalue weighted by Crippen LogP contribution is -2.10. The summed E-state index contributed by atoms with van der Waals surface area (Å²) in [6.07, 6.45) is 0. The lowest BCUT2D eigenvalue weighted by Gasteiger charge is -2.20. The Morgan fingerprint density at radius 1 is 0.490 bits per heavy atom. The molecule has 0 aromatic heterocycles. The smallest absolute Gasteiger partial charge is 0.212 e. The van der Waals surface area contributed by atoms with E-state index in [-0.39, 0.29) is 66.1 Å². The Kier molecular flexibility index (Phi) is 9.44. The predicted octanol–water partition coefficient (Wildman–Crippen LogP) is 11.1. The molecule has 6 rings (SSSR count). The van der Waals surface area contributed by atoms with E-state index in [0.29, 0.717) is 0 Å². The molecule has 0 amide bonds. The van der Waals surface area contributed by atoms with Gasteiger partial charge in [-0.15, -0.1) is 0 Å². The predicted molar refractivity (Wildman–Crippen MR) is 183 cm³/mol. The van der Waals surface area contributed by atoms with Crippen LogP contribution in [0.2, 0.25) is 10.0 Å². The topological polar surface area (TPSA) is 52.6 Å². The molecule has 0 aliphatic rings. The molecule has 11 heteroatoms. The van der Waals surface area contributed by atoms with Crippen LogP contribution in [-0.4, -0.2) is 22.6 Å². The third-order valence-electron chi connectivity index (χ3n) is 7.98. The Hall–Kier alpha value is -4.83. The molecule has 4 nitrogen and oxygen atoms in total. The molecule has 0 saturated carbocycles. The lowest BCUT2D eigenvalue weighted by molar-refractivity contribution is 0.415. The first-order valence-electron chi connectivity index (χ1n) is 14.6. The lowest BCUT2D eigenvalue weighted by atomic mass is 9.93. The Balaban J connectivity index is 1.65. The minimum absolute atomic E-state index is 0.0756. The van der Waals surface area contributed by atoms with Gasteiger partial charge < -0.3 is 9.47 Å². The zero-order chi connectivity index (χ0) is 35.0. The van der Waals surface area contributed by atoms with Crippen molar-refractivity contribution in [1.82, 2.24) is 0 Å². The molecule has 0 bridgehead atoms. The highest BCUT2D eigenvalue weighted by Crippen LogP contribution is 2.47. The number of methoxy groups -OCH3 is 2. The maximum absolute atomic E-state index is 16.9. The maximum Gasteiger partial charge on any atom is 0.212 e. The molecule has 0 fully saturated rings. The van der Waals surface area contributed by atoms with Gasteiger partial charge in [0, 0.05) is 43.4 Å². The summed E-state index contributed by atoms with van der Waals surface area (Å²) in [5.74, 6) is -3.45. The fourth-order valence-electron chi connectivity index (χ4n) is 5.73. The van der Waals surface area contributed by atoms with E-state index < -0.39 is 42.9 Å². The number of hydrogen-bond acceptors (Lipinski definition) is 4. The monoisotopic (exact) mass is 722 g/mol. The molecule has 0 atom stereocenters. The van der Waals surface area contributed by atoms with Gasteiger partial charge in [-0.25, -0.2) is 26.0 Å². The van der Waals surface area contributed by atoms with Crippen LogP contribution in [0.25, 0.3) is 44.5 Å². The standard InChI is InChI=1S/C38H24Cl2F4O4S/c1-47-31-15-11-21(41)19-27(31)23-13-17-33(37(43)35(23)25-7-3-5-9-29(25)39)49(45,46)34-18-14-24(28-20-22(42)12-16-32(28)48-2)36(38(34)44)26-8-4-6-10-30(26)40/h3-20H,1-2H3. The van der Waals surface area contributed by atoms with Gasteiger partial charge in [-0.3, -0.25) is 0 Å². The van der Waals surface area contributed by atoms with Gasteiger partial charge in [-0.05, 0) is 71.8 Å². The second kappa shape index (κ2) is 13.6. The highest BCUT2D eigenvalue weighted by molar-refractivity contribution is 7.91. The fraction of sp³-hybridized carbons (Fsp3) is 0.0526. The summed E-state index contributed by atoms with van der Waals surface area (Å²) in [7, 11) is -2.28. The fourth-order valence-corrected chi connectivity index (χ4v) is 7.60. The summed E-state index contributed by atoms with van der Waals surface area (Å²) < 4.78 is 102. The van der Waals surface area contributed by atoms with Gasteiger partial charge >= 0.3 is 0 Å². The molecule has 0 radical (unpaired) electrons. The first-order valence-corrected chi connectivity index (χ1v) is 16.8. The van der Waals surface area contributed by atoms with Crippen LogP contribution in [0.15, 0.2) is 119 Å². The van der Waals surface area contributed by atoms with Gasteiger partial charge in [0.15, 0.2) is 11.6 Å². The molecular formula is C38H24Cl2F4O4S. The van der Waals surface area contributed by atoms with Gasteiger partial charge in [-0.2, -0.15) is 0 Å². The zero-order valence-corrected chi connectivity index (χ0v) is 28.0. The Morgan fingerprint density at radius 3 is 1.24 bits per heavy atom. The first kappa shape index (κ1) is 34.0. The summed E-state index contributed by atoms with van der Waals surface area (Å²) >= 11 is 13.0. The molecule has 248 valence electrons. The summed E-state index contributed by atoms with van der Waals surface area (Å²) in [6, 6.07) is 24.1. The second-order valence-electron chi connectivity index (χ2n) is 10.8. The largest absolute Gasteiger partial charge is 0.496 e. The SMILES string of the molecule is COc1ccc(F)cc1-c1ccc(S(=O)(=O)c2ccc(-c3cc(F)ccc3OC)c(-c3ccccc3Cl)c2F)c(F)c1-c1ccccc1Cl. The molecule has 0 unspecified atom stereocenters. The number of halogens is 6. The summed E-state index contributed by atoms with van der Waals surface area (Å²) in [6.45, 7) is 0. The normalized spacial score (nSPS) is 11.4. The van der Waals surface area contributed by atoms with E-state index in [1.54, 1.807) is 24.3 Å². The van der Waals surface area contributed by atoms with Crippen LogP contribution in [0.4, 0.5) is 17.6 Å². The third-order valence-corrected chi connectivity index (χ3v) is 10.4. The van der Waals surface area contributed by atoms with Crippen molar-refractivity contribution in [2.75, 3.05) is 14.2 Å². The number of ether oxygens (including phenoxy) is 2. The molecule has 0 aliphatic carbocycles. The summed E-state index contributed by atoms with van der Waals surface area (Å²) in [5.41, 5.74) is 0.0588. The van der Waals surface area contributed by atoms with E-state index in [9.17, 15) is 17.2 Å². The minimum Gasteiger partial charge on any atom is -0.496 e. The molecular weight excluding hydrogens is 699 g/mol. The Labute approximate surface area is 290 Å². The van der Waals surface area contributed by atoms with Crippen LogP contribution in [0.3, 0.4) is 0 Å². The van der Waals surface area contributed by atoms with Gasteiger partial charge in [0.2, 0.25) is 9.84 Å². The van der Waals surface area contributed by atoms with Crippen molar-refractivity contribution >= 4 is 33.0 Å². The summed E-state index contributed by atoms with van der Waals surface area (Å²) in [5, 5.41) is 0.154. The molecule has 6 aromatic carbocycles. The van der Waals surface area contributed by atoms with E-state index in [1.165, 1.54) is 62.8 Å². The van der Waals surface area contributed by atoms with Gasteiger partial charge in [0.1, 0.15) is 32.9 Å². The average molecular weight is 724 g/mol. The van der Waals surface area contributed by atoms with E-state index in [0.717, 1.165) is 36.4 Å². The molecule has 0 saturated heterocycles. The quantitative estimate of drug-likeness (QED) is 0.147. The van der Waals surface area contributed by atoms with Crippen LogP contribution in [0.5, 0.6) is 11.5 Å². The highest BCUT2D eigenvalue weighted by Gasteiger charge is 2.32. The van der Waals surface area contributed by atoms with Gasteiger partial charge in [0.25, 0.3) is 0 Å². The summed E-state index contributed by atoms with van der Waals surface area (Å²) in [4.78, 5) is -1.75. The molecule has 0 spiro atoms. The number of hydrogen-bond donors (Lipinski definition) is 0. The van der Waals surface area contributed by atoms with Crippen LogP contribution in [0, 0.1) is 23.3 Å². The Morgan fingerprint density at radius 2 is 0.878 bits per heavy atom. The number of sulfone groups is 1. The van der Waals surface area contributed by atoms with Crippen LogP contribution < -0.4 is 9.47 Å². The second-order valence-corrected chi connectivity index (χ2v) is 13.5. The van der Waals surface area contributed by atoms with Crippen molar-refractivity contribution < 1.29 is 35.5 Å². The van der Waals surface area contributed by atoms with Gasteiger partial charge in [0.05, 0.1) is 14.2 Å². The Bertz CT molecular complexity index is 2210. The number of rotatable bonds is 8. The van der Waals surface area contributed by atoms with Crippen molar-refractivity contribution in [2.45, 2.75) is 9.79 Å².